The summed E-state index contributed by atoms with van der Waals surface area (Å²) in [6.45, 7) is 4.02. The molecule has 1 fully saturated rings. The van der Waals surface area contributed by atoms with E-state index in [-0.39, 0.29) is 11.2 Å². The SMILES string of the molecule is CC1(C)CC(=O)C/C(=N/O)C1. The number of hydrogen-bond donors (Lipinski definition) is 1. The zero-order valence-electron chi connectivity index (χ0n) is 6.92. The van der Waals surface area contributed by atoms with Crippen LogP contribution in [0.5, 0.6) is 0 Å². The van der Waals surface area contributed by atoms with Crippen molar-refractivity contribution in [3.63, 3.8) is 0 Å². The molecular formula is C8H13NO2. The predicted molar refractivity (Wildman–Crippen MR) is 41.9 cm³/mol. The number of carbonyl (C=O) groups is 1. The van der Waals surface area contributed by atoms with E-state index < -0.39 is 0 Å². The second-order valence-corrected chi connectivity index (χ2v) is 3.90. The number of oxime groups is 1. The van der Waals surface area contributed by atoms with Gasteiger partial charge in [-0.1, -0.05) is 19.0 Å². The molecule has 0 amide bonds. The Labute approximate surface area is 66.1 Å². The van der Waals surface area contributed by atoms with Gasteiger partial charge >= 0.3 is 0 Å². The van der Waals surface area contributed by atoms with E-state index in [4.69, 9.17) is 5.21 Å². The van der Waals surface area contributed by atoms with Crippen LogP contribution in [0.15, 0.2) is 5.16 Å². The first-order valence-electron chi connectivity index (χ1n) is 3.75. The lowest BCUT2D eigenvalue weighted by Crippen LogP contribution is -2.28. The van der Waals surface area contributed by atoms with Crippen LogP contribution >= 0.6 is 0 Å². The standard InChI is InChI=1S/C8H13NO2/c1-8(2)4-6(9-11)3-7(10)5-8/h11H,3-5H2,1-2H3/b9-6-. The summed E-state index contributed by atoms with van der Waals surface area (Å²) >= 11 is 0. The van der Waals surface area contributed by atoms with E-state index in [0.29, 0.717) is 18.6 Å². The first-order valence-corrected chi connectivity index (χ1v) is 3.75. The summed E-state index contributed by atoms with van der Waals surface area (Å²) in [7, 11) is 0. The Kier molecular flexibility index (Phi) is 1.98. The topological polar surface area (TPSA) is 49.7 Å². The van der Waals surface area contributed by atoms with Crippen molar-refractivity contribution in [3.8, 4) is 0 Å². The Hall–Kier alpha value is -0.860. The molecule has 0 spiro atoms. The van der Waals surface area contributed by atoms with Crippen LogP contribution in [0, 0.1) is 5.41 Å². The largest absolute Gasteiger partial charge is 0.411 e. The summed E-state index contributed by atoms with van der Waals surface area (Å²) in [6, 6.07) is 0. The molecule has 1 aliphatic rings. The van der Waals surface area contributed by atoms with E-state index in [2.05, 4.69) is 5.16 Å². The van der Waals surface area contributed by atoms with Gasteiger partial charge in [0.25, 0.3) is 0 Å². The molecule has 0 radical (unpaired) electrons. The monoisotopic (exact) mass is 155 g/mol. The van der Waals surface area contributed by atoms with Gasteiger partial charge in [0.2, 0.25) is 0 Å². The van der Waals surface area contributed by atoms with E-state index in [1.54, 1.807) is 0 Å². The maximum atomic E-state index is 11.1. The summed E-state index contributed by atoms with van der Waals surface area (Å²) in [6.07, 6.45) is 1.67. The molecule has 0 heterocycles. The van der Waals surface area contributed by atoms with Gasteiger partial charge in [0, 0.05) is 12.8 Å². The molecule has 0 aliphatic heterocycles. The van der Waals surface area contributed by atoms with E-state index in [0.717, 1.165) is 6.42 Å². The van der Waals surface area contributed by atoms with Gasteiger partial charge in [-0.25, -0.2) is 0 Å². The number of ketones is 1. The molecule has 1 saturated carbocycles. The minimum absolute atomic E-state index is 0.0170. The maximum absolute atomic E-state index is 11.1. The van der Waals surface area contributed by atoms with Gasteiger partial charge in [0.15, 0.2) is 0 Å². The van der Waals surface area contributed by atoms with Crippen LogP contribution in [0.3, 0.4) is 0 Å². The highest BCUT2D eigenvalue weighted by molar-refractivity contribution is 6.04. The minimum atomic E-state index is -0.0170. The second kappa shape index (κ2) is 2.64. The molecule has 62 valence electrons. The van der Waals surface area contributed by atoms with Crippen molar-refractivity contribution in [1.82, 2.24) is 0 Å². The molecular weight excluding hydrogens is 142 g/mol. The summed E-state index contributed by atoms with van der Waals surface area (Å²) in [5, 5.41) is 11.6. The Balaban J connectivity index is 2.74. The third kappa shape index (κ3) is 2.03. The van der Waals surface area contributed by atoms with Gasteiger partial charge in [-0.05, 0) is 11.8 Å². The number of nitrogens with zero attached hydrogens (tertiary/aromatic N) is 1. The lowest BCUT2D eigenvalue weighted by atomic mass is 9.76. The average molecular weight is 155 g/mol. The zero-order valence-corrected chi connectivity index (χ0v) is 6.92. The van der Waals surface area contributed by atoms with E-state index in [9.17, 15) is 4.79 Å². The summed E-state index contributed by atoms with van der Waals surface area (Å²) in [4.78, 5) is 11.1. The second-order valence-electron chi connectivity index (χ2n) is 3.90. The van der Waals surface area contributed by atoms with Crippen molar-refractivity contribution in [2.75, 3.05) is 0 Å². The summed E-state index contributed by atoms with van der Waals surface area (Å²) in [5.41, 5.74) is 0.600. The van der Waals surface area contributed by atoms with Crippen LogP contribution < -0.4 is 0 Å². The van der Waals surface area contributed by atoms with Crippen molar-refractivity contribution < 1.29 is 10.0 Å². The third-order valence-corrected chi connectivity index (χ3v) is 1.90. The number of rotatable bonds is 0. The number of Topliss-reactive ketones (excluding diaryl/α,β-unsaturated/α-hetero) is 1. The van der Waals surface area contributed by atoms with Crippen LogP contribution in [0.25, 0.3) is 0 Å². The van der Waals surface area contributed by atoms with E-state index >= 15 is 0 Å². The van der Waals surface area contributed by atoms with Crippen molar-refractivity contribution >= 4 is 11.5 Å². The summed E-state index contributed by atoms with van der Waals surface area (Å²) < 4.78 is 0. The normalized spacial score (nSPS) is 27.5. The Bertz CT molecular complexity index is 206. The van der Waals surface area contributed by atoms with Crippen molar-refractivity contribution in [2.24, 2.45) is 10.6 Å². The number of carbonyl (C=O) groups excluding carboxylic acids is 1. The molecule has 1 N–H and O–H groups in total. The van der Waals surface area contributed by atoms with Crippen LogP contribution in [0.1, 0.15) is 33.1 Å². The van der Waals surface area contributed by atoms with Crippen molar-refractivity contribution in [3.05, 3.63) is 0 Å². The molecule has 0 saturated heterocycles. The molecule has 11 heavy (non-hydrogen) atoms. The molecule has 1 aliphatic carbocycles. The minimum Gasteiger partial charge on any atom is -0.411 e. The van der Waals surface area contributed by atoms with Crippen LogP contribution in [0.4, 0.5) is 0 Å². The fourth-order valence-corrected chi connectivity index (χ4v) is 1.57. The molecule has 0 aromatic heterocycles. The van der Waals surface area contributed by atoms with Gasteiger partial charge in [-0.15, -0.1) is 0 Å². The third-order valence-electron chi connectivity index (χ3n) is 1.90. The first-order chi connectivity index (χ1) is 5.03. The van der Waals surface area contributed by atoms with E-state index in [1.165, 1.54) is 0 Å². The Morgan fingerprint density at radius 3 is 2.55 bits per heavy atom. The van der Waals surface area contributed by atoms with Gasteiger partial charge in [-0.2, -0.15) is 0 Å². The van der Waals surface area contributed by atoms with Gasteiger partial charge in [0.1, 0.15) is 5.78 Å². The fourth-order valence-electron chi connectivity index (χ4n) is 1.57. The van der Waals surface area contributed by atoms with Gasteiger partial charge < -0.3 is 5.21 Å². The molecule has 0 atom stereocenters. The zero-order chi connectivity index (χ0) is 8.48. The molecule has 0 aromatic rings. The predicted octanol–water partition coefficient (Wildman–Crippen LogP) is 1.60. The molecule has 3 nitrogen and oxygen atoms in total. The highest BCUT2D eigenvalue weighted by Crippen LogP contribution is 2.31. The highest BCUT2D eigenvalue weighted by atomic mass is 16.4. The van der Waals surface area contributed by atoms with E-state index in [1.807, 2.05) is 13.8 Å². The highest BCUT2D eigenvalue weighted by Gasteiger charge is 2.30. The molecule has 0 aromatic carbocycles. The van der Waals surface area contributed by atoms with Crippen LogP contribution in [-0.2, 0) is 4.79 Å². The molecule has 3 heteroatoms. The lowest BCUT2D eigenvalue weighted by Gasteiger charge is -2.28. The Morgan fingerprint density at radius 2 is 2.09 bits per heavy atom. The van der Waals surface area contributed by atoms with Crippen LogP contribution in [-0.4, -0.2) is 16.7 Å². The quantitative estimate of drug-likeness (QED) is 0.426. The molecule has 0 bridgehead atoms. The number of hydrogen-bond acceptors (Lipinski definition) is 3. The smallest absolute Gasteiger partial charge is 0.139 e. The van der Waals surface area contributed by atoms with Gasteiger partial charge in [0.05, 0.1) is 5.71 Å². The van der Waals surface area contributed by atoms with Crippen LogP contribution in [0.2, 0.25) is 0 Å². The average Bonchev–Trinajstić information content (AvgIpc) is 1.83. The van der Waals surface area contributed by atoms with Crippen molar-refractivity contribution in [1.29, 1.82) is 0 Å². The first kappa shape index (κ1) is 8.24. The fraction of sp³-hybridized carbons (Fsp3) is 0.750. The van der Waals surface area contributed by atoms with Crippen molar-refractivity contribution in [2.45, 2.75) is 33.1 Å². The lowest BCUT2D eigenvalue weighted by molar-refractivity contribution is -0.120. The van der Waals surface area contributed by atoms with Gasteiger partial charge in [-0.3, -0.25) is 4.79 Å². The molecule has 1 rings (SSSR count). The Morgan fingerprint density at radius 1 is 1.45 bits per heavy atom. The maximum Gasteiger partial charge on any atom is 0.139 e. The molecule has 0 unspecified atom stereocenters. The summed E-state index contributed by atoms with van der Waals surface area (Å²) in [5.74, 6) is 0.175.